The lowest BCUT2D eigenvalue weighted by atomic mass is 9.78. The number of nitrogens with zero attached hydrogens (tertiary/aromatic N) is 3. The van der Waals surface area contributed by atoms with Gasteiger partial charge < -0.3 is 14.5 Å². The van der Waals surface area contributed by atoms with E-state index < -0.39 is 0 Å². The molecule has 6 nitrogen and oxygen atoms in total. The van der Waals surface area contributed by atoms with Crippen LogP contribution in [0.25, 0.3) is 0 Å². The Morgan fingerprint density at radius 2 is 1.85 bits per heavy atom. The van der Waals surface area contributed by atoms with Crippen molar-refractivity contribution in [3.63, 3.8) is 0 Å². The Morgan fingerprint density at radius 3 is 2.41 bits per heavy atom. The van der Waals surface area contributed by atoms with E-state index >= 15 is 0 Å². The molecule has 6 heteroatoms. The predicted molar refractivity (Wildman–Crippen MR) is 103 cm³/mol. The van der Waals surface area contributed by atoms with Crippen LogP contribution in [0.15, 0.2) is 0 Å². The van der Waals surface area contributed by atoms with E-state index in [2.05, 4.69) is 25.7 Å². The van der Waals surface area contributed by atoms with Gasteiger partial charge in [-0.3, -0.25) is 9.69 Å². The Kier molecular flexibility index (Phi) is 4.90. The van der Waals surface area contributed by atoms with E-state index in [1.807, 2.05) is 16.7 Å². The van der Waals surface area contributed by atoms with Crippen molar-refractivity contribution in [3.05, 3.63) is 0 Å². The van der Waals surface area contributed by atoms with E-state index in [-0.39, 0.29) is 12.0 Å². The first kappa shape index (κ1) is 19.0. The van der Waals surface area contributed by atoms with Gasteiger partial charge in [-0.1, -0.05) is 0 Å². The lowest BCUT2D eigenvalue weighted by molar-refractivity contribution is -0.135. The smallest absolute Gasteiger partial charge is 0.409 e. The summed E-state index contributed by atoms with van der Waals surface area (Å²) in [4.78, 5) is 31.2. The van der Waals surface area contributed by atoms with Gasteiger partial charge in [-0.05, 0) is 58.8 Å². The number of carbonyl (C=O) groups is 2. The van der Waals surface area contributed by atoms with E-state index in [1.54, 1.807) is 0 Å². The first-order chi connectivity index (χ1) is 12.9. The van der Waals surface area contributed by atoms with Gasteiger partial charge in [0, 0.05) is 56.1 Å². The summed E-state index contributed by atoms with van der Waals surface area (Å²) in [6.45, 7) is 13.4. The van der Waals surface area contributed by atoms with Crippen molar-refractivity contribution >= 4 is 12.0 Å². The molecule has 2 aliphatic carbocycles. The normalized spacial score (nSPS) is 33.9. The molecule has 2 saturated carbocycles. The van der Waals surface area contributed by atoms with Crippen LogP contribution in [0.2, 0.25) is 0 Å². The average molecular weight is 378 g/mol. The monoisotopic (exact) mass is 377 g/mol. The molecule has 0 radical (unpaired) electrons. The van der Waals surface area contributed by atoms with Crippen LogP contribution in [-0.2, 0) is 9.53 Å². The van der Waals surface area contributed by atoms with E-state index in [4.69, 9.17) is 4.74 Å². The lowest BCUT2D eigenvalue weighted by Crippen LogP contribution is -2.58. The van der Waals surface area contributed by atoms with Gasteiger partial charge in [-0.25, -0.2) is 4.79 Å². The van der Waals surface area contributed by atoms with Crippen LogP contribution >= 0.6 is 0 Å². The maximum Gasteiger partial charge on any atom is 0.409 e. The van der Waals surface area contributed by atoms with Crippen LogP contribution in [0.4, 0.5) is 4.79 Å². The summed E-state index contributed by atoms with van der Waals surface area (Å²) in [5.41, 5.74) is 0.329. The van der Waals surface area contributed by atoms with Gasteiger partial charge in [0.25, 0.3) is 0 Å². The van der Waals surface area contributed by atoms with Gasteiger partial charge in [0.1, 0.15) is 0 Å². The summed E-state index contributed by atoms with van der Waals surface area (Å²) < 4.78 is 5.12. The van der Waals surface area contributed by atoms with E-state index in [0.717, 1.165) is 32.7 Å². The molecule has 0 aromatic rings. The van der Waals surface area contributed by atoms with Crippen molar-refractivity contribution in [2.24, 2.45) is 23.2 Å². The number of fused-ring (bicyclic) bond motifs is 1. The topological polar surface area (TPSA) is 53.1 Å². The minimum Gasteiger partial charge on any atom is -0.450 e. The first-order valence-corrected chi connectivity index (χ1v) is 10.9. The molecule has 4 rings (SSSR count). The Hall–Kier alpha value is -1.30. The van der Waals surface area contributed by atoms with E-state index in [9.17, 15) is 9.59 Å². The highest BCUT2D eigenvalue weighted by Crippen LogP contribution is 2.55. The highest BCUT2D eigenvalue weighted by atomic mass is 16.6. The molecule has 0 N–H and O–H groups in total. The van der Waals surface area contributed by atoms with Gasteiger partial charge >= 0.3 is 6.09 Å². The molecular weight excluding hydrogens is 342 g/mol. The largest absolute Gasteiger partial charge is 0.450 e. The van der Waals surface area contributed by atoms with E-state index in [1.165, 1.54) is 19.3 Å². The number of hydrogen-bond donors (Lipinski definition) is 0. The molecule has 4 fully saturated rings. The van der Waals surface area contributed by atoms with Crippen LogP contribution in [0.5, 0.6) is 0 Å². The molecule has 1 spiro atoms. The second-order valence-electron chi connectivity index (χ2n) is 9.48. The maximum absolute atomic E-state index is 12.8. The quantitative estimate of drug-likeness (QED) is 0.738. The fourth-order valence-corrected chi connectivity index (χ4v) is 6.07. The van der Waals surface area contributed by atoms with Gasteiger partial charge in [-0.2, -0.15) is 0 Å². The Morgan fingerprint density at radius 1 is 1.19 bits per heavy atom. The van der Waals surface area contributed by atoms with Crippen molar-refractivity contribution < 1.29 is 14.3 Å². The van der Waals surface area contributed by atoms with Gasteiger partial charge in [0.15, 0.2) is 0 Å². The fraction of sp³-hybridized carbons (Fsp3) is 0.905. The highest BCUT2D eigenvalue weighted by Gasteiger charge is 2.62. The minimum atomic E-state index is -0.152. The summed E-state index contributed by atoms with van der Waals surface area (Å²) in [7, 11) is 0. The van der Waals surface area contributed by atoms with Crippen molar-refractivity contribution in [2.45, 2.75) is 59.0 Å². The molecule has 4 atom stereocenters. The summed E-state index contributed by atoms with van der Waals surface area (Å²) in [6, 6.07) is 0.945. The number of piperidine rings is 1. The molecule has 2 aliphatic heterocycles. The van der Waals surface area contributed by atoms with Crippen molar-refractivity contribution in [1.82, 2.24) is 14.7 Å². The molecular formula is C21H35N3O3. The van der Waals surface area contributed by atoms with Crippen molar-refractivity contribution in [2.75, 3.05) is 39.3 Å². The number of rotatable bonds is 5. The zero-order chi connectivity index (χ0) is 19.3. The molecule has 2 heterocycles. The Bertz CT molecular complexity index is 589. The zero-order valence-corrected chi connectivity index (χ0v) is 17.3. The van der Waals surface area contributed by atoms with Crippen LogP contribution in [-0.4, -0.2) is 78.1 Å². The summed E-state index contributed by atoms with van der Waals surface area (Å²) in [5.74, 6) is 1.83. The SMILES string of the molecule is CCOC(=O)N1CC2(CCC(N3C[C@@H]4C(C(=O)N(CC)C(C)C)[C@@H]4C3)C2)C1. The van der Waals surface area contributed by atoms with Crippen LogP contribution in [0.1, 0.15) is 47.0 Å². The molecule has 4 aliphatic rings. The number of carbonyl (C=O) groups excluding carboxylic acids is 2. The Labute approximate surface area is 163 Å². The molecule has 152 valence electrons. The van der Waals surface area contributed by atoms with Crippen molar-refractivity contribution in [3.8, 4) is 0 Å². The van der Waals surface area contributed by atoms with Gasteiger partial charge in [0.05, 0.1) is 6.61 Å². The molecule has 0 aromatic heterocycles. The first-order valence-electron chi connectivity index (χ1n) is 10.9. The molecule has 2 saturated heterocycles. The number of ether oxygens (including phenoxy) is 1. The summed E-state index contributed by atoms with van der Waals surface area (Å²) in [5, 5.41) is 0. The minimum absolute atomic E-state index is 0.152. The van der Waals surface area contributed by atoms with E-state index in [0.29, 0.717) is 41.8 Å². The number of amides is 2. The van der Waals surface area contributed by atoms with Crippen molar-refractivity contribution in [1.29, 1.82) is 0 Å². The number of likely N-dealkylation sites (tertiary alicyclic amines) is 2. The third kappa shape index (κ3) is 3.24. The molecule has 27 heavy (non-hydrogen) atoms. The molecule has 2 amide bonds. The summed E-state index contributed by atoms with van der Waals surface area (Å²) in [6.07, 6.45) is 3.51. The number of hydrogen-bond acceptors (Lipinski definition) is 4. The van der Waals surface area contributed by atoms with Crippen LogP contribution in [0, 0.1) is 23.2 Å². The molecule has 2 unspecified atom stereocenters. The van der Waals surface area contributed by atoms with Gasteiger partial charge in [-0.15, -0.1) is 0 Å². The second kappa shape index (κ2) is 6.94. The van der Waals surface area contributed by atoms with Crippen LogP contribution < -0.4 is 0 Å². The lowest BCUT2D eigenvalue weighted by Gasteiger charge is -2.47. The fourth-order valence-electron chi connectivity index (χ4n) is 6.07. The summed E-state index contributed by atoms with van der Waals surface area (Å²) >= 11 is 0. The third-order valence-corrected chi connectivity index (χ3v) is 7.53. The van der Waals surface area contributed by atoms with Crippen LogP contribution in [0.3, 0.4) is 0 Å². The van der Waals surface area contributed by atoms with Gasteiger partial charge in [0.2, 0.25) is 5.91 Å². The second-order valence-corrected chi connectivity index (χ2v) is 9.48. The standard InChI is InChI=1S/C21H35N3O3/c1-5-24(14(3)4)19(25)18-16-10-22(11-17(16)18)15-7-8-21(9-15)12-23(13-21)20(26)27-6-2/h14-18H,5-13H2,1-4H3/t15?,16-,17+,18?. The predicted octanol–water partition coefficient (Wildman–Crippen LogP) is 2.43. The zero-order valence-electron chi connectivity index (χ0n) is 17.3. The Balaban J connectivity index is 1.25. The molecule has 0 aromatic carbocycles. The molecule has 0 bridgehead atoms. The average Bonchev–Trinajstić information content (AvgIpc) is 2.97. The third-order valence-electron chi connectivity index (χ3n) is 7.53. The highest BCUT2D eigenvalue weighted by molar-refractivity contribution is 5.83. The maximum atomic E-state index is 12.8.